The number of hydrogen-bond acceptors (Lipinski definition) is 2. The molecule has 1 aliphatic carbocycles. The van der Waals surface area contributed by atoms with Gasteiger partial charge in [0.25, 0.3) is 0 Å². The molecular formula is C8H17ClN2O. The van der Waals surface area contributed by atoms with Crippen molar-refractivity contribution in [2.45, 2.75) is 32.2 Å². The van der Waals surface area contributed by atoms with E-state index in [2.05, 4.69) is 5.32 Å². The molecule has 0 aliphatic heterocycles. The first-order chi connectivity index (χ1) is 5.08. The van der Waals surface area contributed by atoms with Crippen LogP contribution in [0.15, 0.2) is 0 Å². The molecule has 0 aromatic carbocycles. The molecule has 1 amide bonds. The fourth-order valence-electron chi connectivity index (χ4n) is 1.79. The Morgan fingerprint density at radius 2 is 2.25 bits per heavy atom. The summed E-state index contributed by atoms with van der Waals surface area (Å²) in [6.07, 6.45) is 2.73. The zero-order valence-corrected chi connectivity index (χ0v) is 8.41. The van der Waals surface area contributed by atoms with Gasteiger partial charge in [0, 0.05) is 18.5 Å². The van der Waals surface area contributed by atoms with E-state index in [1.165, 1.54) is 0 Å². The zero-order chi connectivity index (χ0) is 8.48. The molecule has 4 heteroatoms. The summed E-state index contributed by atoms with van der Waals surface area (Å²) >= 11 is 0. The van der Waals surface area contributed by atoms with E-state index in [0.29, 0.717) is 0 Å². The van der Waals surface area contributed by atoms with Gasteiger partial charge in [0.15, 0.2) is 0 Å². The summed E-state index contributed by atoms with van der Waals surface area (Å²) in [5.41, 5.74) is 5.52. The highest BCUT2D eigenvalue weighted by Gasteiger charge is 2.39. The van der Waals surface area contributed by atoms with Gasteiger partial charge >= 0.3 is 0 Å². The van der Waals surface area contributed by atoms with Crippen LogP contribution in [0.5, 0.6) is 0 Å². The minimum absolute atomic E-state index is 0. The molecule has 1 rings (SSSR count). The van der Waals surface area contributed by atoms with E-state index in [0.717, 1.165) is 19.3 Å². The first-order valence-corrected chi connectivity index (χ1v) is 4.06. The smallest absolute Gasteiger partial charge is 0.225 e. The molecule has 3 N–H and O–H groups in total. The van der Waals surface area contributed by atoms with Crippen molar-refractivity contribution in [1.29, 1.82) is 0 Å². The number of amides is 1. The van der Waals surface area contributed by atoms with Crippen molar-refractivity contribution in [2.75, 3.05) is 7.05 Å². The lowest BCUT2D eigenvalue weighted by atomic mass is 9.87. The number of hydrogen-bond donors (Lipinski definition) is 2. The molecule has 0 radical (unpaired) electrons. The fourth-order valence-corrected chi connectivity index (χ4v) is 1.79. The van der Waals surface area contributed by atoms with Crippen molar-refractivity contribution in [2.24, 2.45) is 11.1 Å². The van der Waals surface area contributed by atoms with Crippen LogP contribution in [0.4, 0.5) is 0 Å². The third-order valence-electron chi connectivity index (χ3n) is 2.55. The summed E-state index contributed by atoms with van der Waals surface area (Å²) < 4.78 is 0. The van der Waals surface area contributed by atoms with Crippen LogP contribution in [0, 0.1) is 5.41 Å². The van der Waals surface area contributed by atoms with Crippen LogP contribution in [0.25, 0.3) is 0 Å². The predicted octanol–water partition coefficient (Wildman–Crippen LogP) is 0.672. The quantitative estimate of drug-likeness (QED) is 0.642. The lowest BCUT2D eigenvalue weighted by Gasteiger charge is -2.20. The average molecular weight is 193 g/mol. The van der Waals surface area contributed by atoms with Crippen LogP contribution >= 0.6 is 12.4 Å². The summed E-state index contributed by atoms with van der Waals surface area (Å²) in [7, 11) is 1.68. The highest BCUT2D eigenvalue weighted by atomic mass is 35.5. The van der Waals surface area contributed by atoms with E-state index in [4.69, 9.17) is 5.73 Å². The molecular weight excluding hydrogens is 176 g/mol. The van der Waals surface area contributed by atoms with Crippen LogP contribution < -0.4 is 11.1 Å². The molecule has 0 aromatic heterocycles. The molecule has 1 aliphatic rings. The van der Waals surface area contributed by atoms with Crippen LogP contribution in [0.3, 0.4) is 0 Å². The number of rotatable bonds is 1. The highest BCUT2D eigenvalue weighted by molar-refractivity contribution is 5.85. The number of halogens is 1. The van der Waals surface area contributed by atoms with Crippen LogP contribution in [-0.4, -0.2) is 19.0 Å². The van der Waals surface area contributed by atoms with Gasteiger partial charge in [-0.25, -0.2) is 0 Å². The van der Waals surface area contributed by atoms with Crippen LogP contribution in [0.1, 0.15) is 26.2 Å². The average Bonchev–Trinajstić information content (AvgIpc) is 2.31. The first-order valence-electron chi connectivity index (χ1n) is 4.06. The van der Waals surface area contributed by atoms with Gasteiger partial charge in [0.2, 0.25) is 5.91 Å². The topological polar surface area (TPSA) is 55.1 Å². The Balaban J connectivity index is 0.00000121. The van der Waals surface area contributed by atoms with E-state index in [-0.39, 0.29) is 29.8 Å². The molecule has 0 aromatic rings. The maximum absolute atomic E-state index is 11.3. The van der Waals surface area contributed by atoms with Gasteiger partial charge in [-0.3, -0.25) is 4.79 Å². The lowest BCUT2D eigenvalue weighted by molar-refractivity contribution is -0.129. The Morgan fingerprint density at radius 1 is 1.67 bits per heavy atom. The molecule has 3 nitrogen and oxygen atoms in total. The highest BCUT2D eigenvalue weighted by Crippen LogP contribution is 2.36. The van der Waals surface area contributed by atoms with E-state index in [1.54, 1.807) is 7.05 Å². The molecule has 72 valence electrons. The second kappa shape index (κ2) is 4.10. The van der Waals surface area contributed by atoms with Crippen molar-refractivity contribution in [3.05, 3.63) is 0 Å². The van der Waals surface area contributed by atoms with E-state index < -0.39 is 0 Å². The number of nitrogens with two attached hydrogens (primary N) is 1. The fraction of sp³-hybridized carbons (Fsp3) is 0.875. The van der Waals surface area contributed by atoms with Crippen molar-refractivity contribution in [3.8, 4) is 0 Å². The van der Waals surface area contributed by atoms with E-state index in [9.17, 15) is 4.79 Å². The van der Waals surface area contributed by atoms with Crippen LogP contribution in [0.2, 0.25) is 0 Å². The van der Waals surface area contributed by atoms with Crippen molar-refractivity contribution >= 4 is 18.3 Å². The van der Waals surface area contributed by atoms with Crippen molar-refractivity contribution in [1.82, 2.24) is 5.32 Å². The van der Waals surface area contributed by atoms with Gasteiger partial charge in [-0.1, -0.05) is 6.92 Å². The molecule has 0 bridgehead atoms. The zero-order valence-electron chi connectivity index (χ0n) is 7.59. The van der Waals surface area contributed by atoms with Gasteiger partial charge in [-0.15, -0.1) is 12.4 Å². The Hall–Kier alpha value is -0.280. The third-order valence-corrected chi connectivity index (χ3v) is 2.55. The Labute approximate surface area is 79.5 Å². The second-order valence-corrected chi connectivity index (χ2v) is 3.64. The maximum atomic E-state index is 11.3. The number of nitrogens with one attached hydrogen (secondary N) is 1. The normalized spacial score (nSPS) is 34.1. The minimum atomic E-state index is -0.200. The molecule has 2 atom stereocenters. The number of carbonyl (C=O) groups is 1. The molecule has 0 heterocycles. The first kappa shape index (κ1) is 11.7. The summed E-state index contributed by atoms with van der Waals surface area (Å²) in [5, 5.41) is 2.67. The Bertz CT molecular complexity index is 174. The van der Waals surface area contributed by atoms with Crippen molar-refractivity contribution in [3.63, 3.8) is 0 Å². The molecule has 0 spiro atoms. The second-order valence-electron chi connectivity index (χ2n) is 3.64. The molecule has 12 heavy (non-hydrogen) atoms. The minimum Gasteiger partial charge on any atom is -0.359 e. The van der Waals surface area contributed by atoms with Gasteiger partial charge in [0.1, 0.15) is 0 Å². The van der Waals surface area contributed by atoms with Gasteiger partial charge < -0.3 is 11.1 Å². The molecule has 1 fully saturated rings. The summed E-state index contributed by atoms with van der Waals surface area (Å²) in [4.78, 5) is 11.3. The number of carbonyl (C=O) groups excluding carboxylic acids is 1. The largest absolute Gasteiger partial charge is 0.359 e. The summed E-state index contributed by atoms with van der Waals surface area (Å²) in [5.74, 6) is 0.130. The lowest BCUT2D eigenvalue weighted by Crippen LogP contribution is -2.35. The Kier molecular flexibility index (Phi) is 4.00. The molecule has 0 saturated heterocycles. The van der Waals surface area contributed by atoms with Crippen LogP contribution in [-0.2, 0) is 4.79 Å². The van der Waals surface area contributed by atoms with Crippen molar-refractivity contribution < 1.29 is 4.79 Å². The third kappa shape index (κ3) is 2.11. The summed E-state index contributed by atoms with van der Waals surface area (Å²) in [6.45, 7) is 1.98. The monoisotopic (exact) mass is 192 g/mol. The molecule has 1 saturated carbocycles. The predicted molar refractivity (Wildman–Crippen MR) is 51.2 cm³/mol. The SMILES string of the molecule is CNC(=O)[C@@]1(C)CCC(N)C1.Cl. The van der Waals surface area contributed by atoms with E-state index >= 15 is 0 Å². The van der Waals surface area contributed by atoms with E-state index in [1.807, 2.05) is 6.92 Å². The van der Waals surface area contributed by atoms with Gasteiger partial charge in [0.05, 0.1) is 0 Å². The molecule has 1 unspecified atom stereocenters. The van der Waals surface area contributed by atoms with Gasteiger partial charge in [-0.05, 0) is 19.3 Å². The maximum Gasteiger partial charge on any atom is 0.225 e. The summed E-state index contributed by atoms with van der Waals surface area (Å²) in [6, 6.07) is 0.220. The Morgan fingerprint density at radius 3 is 2.58 bits per heavy atom. The van der Waals surface area contributed by atoms with Gasteiger partial charge in [-0.2, -0.15) is 0 Å². The standard InChI is InChI=1S/C8H16N2O.ClH/c1-8(7(11)10-2)4-3-6(9)5-8;/h6H,3-5,9H2,1-2H3,(H,10,11);1H/t6?,8-;/m0./s1.